The molecule has 0 aromatic carbocycles. The van der Waals surface area contributed by atoms with Crippen LogP contribution in [0.1, 0.15) is 13.8 Å². The smallest absolute Gasteiger partial charge is 0.203 e. The van der Waals surface area contributed by atoms with Crippen LogP contribution in [0.2, 0.25) is 0 Å². The minimum absolute atomic E-state index is 0.171. The Bertz CT molecular complexity index is 386. The molecule has 0 aliphatic rings. The lowest BCUT2D eigenvalue weighted by molar-refractivity contribution is 0.108. The van der Waals surface area contributed by atoms with Crippen LogP contribution < -0.4 is 4.13 Å². The van der Waals surface area contributed by atoms with Gasteiger partial charge in [-0.2, -0.15) is 17.6 Å². The van der Waals surface area contributed by atoms with Crippen molar-refractivity contribution < 1.29 is 34.4 Å². The quantitative estimate of drug-likeness (QED) is 0.697. The zero-order chi connectivity index (χ0) is 12.7. The van der Waals surface area contributed by atoms with Crippen molar-refractivity contribution in [1.29, 1.82) is 0 Å². The van der Waals surface area contributed by atoms with Gasteiger partial charge in [-0.1, -0.05) is 0 Å². The number of hydrogen-bond acceptors (Lipinski definition) is 4. The molecule has 0 aromatic heterocycles. The molecule has 0 aromatic rings. The Kier molecular flexibility index (Phi) is 3.46. The zero-order valence-electron chi connectivity index (χ0n) is 7.41. The van der Waals surface area contributed by atoms with Gasteiger partial charge in [0.25, 0.3) is 0 Å². The third-order valence-electron chi connectivity index (χ3n) is 1.10. The summed E-state index contributed by atoms with van der Waals surface area (Å²) >= 11 is 0. The van der Waals surface area contributed by atoms with Gasteiger partial charge >= 0.3 is 30.6 Å². The molecule has 11 heteroatoms. The highest BCUT2D eigenvalue weighted by molar-refractivity contribution is 8.05. The number of sulfonamides is 2. The molecule has 0 unspecified atom stereocenters. The largest absolute Gasteiger partial charge is 0.359 e. The van der Waals surface area contributed by atoms with Gasteiger partial charge in [-0.25, -0.2) is 16.8 Å². The van der Waals surface area contributed by atoms with Gasteiger partial charge < -0.3 is 0 Å². The Morgan fingerprint density at radius 1 is 0.800 bits per heavy atom. The van der Waals surface area contributed by atoms with Crippen molar-refractivity contribution in [3.8, 4) is 0 Å². The summed E-state index contributed by atoms with van der Waals surface area (Å²) in [6.45, 7) is -0.343. The van der Waals surface area contributed by atoms with Gasteiger partial charge in [-0.15, -0.1) is 0 Å². The highest BCUT2D eigenvalue weighted by Crippen LogP contribution is 2.26. The van der Waals surface area contributed by atoms with E-state index < -0.39 is 30.6 Å². The molecule has 91 valence electrons. The Morgan fingerprint density at radius 3 is 1.13 bits per heavy atom. The lowest BCUT2D eigenvalue weighted by Crippen LogP contribution is -2.41. The summed E-state index contributed by atoms with van der Waals surface area (Å²) in [6.07, 6.45) is 0. The predicted molar refractivity (Wildman–Crippen MR) is 41.2 cm³/mol. The maximum Gasteiger partial charge on any atom is 0.359 e. The van der Waals surface area contributed by atoms with Gasteiger partial charge in [-0.3, -0.25) is 0 Å². The fraction of sp³-hybridized carbons (Fsp3) is 1.00. The molecule has 0 fully saturated rings. The van der Waals surface area contributed by atoms with Crippen molar-refractivity contribution in [3.63, 3.8) is 0 Å². The SMILES string of the molecule is CC(F)(F)S(=O)(=O)[N]S(=O)(=O)C(C)(F)F. The fourth-order valence-corrected chi connectivity index (χ4v) is 2.34. The second-order valence-corrected chi connectivity index (χ2v) is 6.57. The van der Waals surface area contributed by atoms with Gasteiger partial charge in [0.2, 0.25) is 0 Å². The maximum atomic E-state index is 12.2. The summed E-state index contributed by atoms with van der Waals surface area (Å²) in [5.74, 6) is 0. The van der Waals surface area contributed by atoms with Crippen LogP contribution in [0.3, 0.4) is 0 Å². The molecule has 0 rings (SSSR count). The van der Waals surface area contributed by atoms with E-state index in [1.165, 1.54) is 4.13 Å². The molecule has 0 amide bonds. The van der Waals surface area contributed by atoms with E-state index in [2.05, 4.69) is 0 Å². The Morgan fingerprint density at radius 2 is 1.00 bits per heavy atom. The fourth-order valence-electron chi connectivity index (χ4n) is 0.260. The average molecular weight is 272 g/mol. The van der Waals surface area contributed by atoms with E-state index in [1.54, 1.807) is 0 Å². The molecule has 0 aliphatic heterocycles. The Hall–Kier alpha value is -0.420. The van der Waals surface area contributed by atoms with E-state index >= 15 is 0 Å². The Balaban J connectivity index is 5.28. The molecule has 15 heavy (non-hydrogen) atoms. The first kappa shape index (κ1) is 14.6. The lowest BCUT2D eigenvalue weighted by atomic mass is 10.9. The van der Waals surface area contributed by atoms with Crippen molar-refractivity contribution in [1.82, 2.24) is 4.13 Å². The standard InChI is InChI=1S/C4H6F4NO4S2/c1-3(5,6)14(10,11)9-15(12,13)4(2,7)8/h1-2H3. The normalized spacial score (nSPS) is 15.3. The molecular formula is C4H6F4NO4S2. The number of rotatable bonds is 4. The summed E-state index contributed by atoms with van der Waals surface area (Å²) in [7, 11) is -11.6. The summed E-state index contributed by atoms with van der Waals surface area (Å²) < 4.78 is 92.4. The predicted octanol–water partition coefficient (Wildman–Crippen LogP) is 0.476. The first-order valence-corrected chi connectivity index (χ1v) is 6.08. The van der Waals surface area contributed by atoms with Crippen molar-refractivity contribution in [2.75, 3.05) is 0 Å². The van der Waals surface area contributed by atoms with Crippen molar-refractivity contribution >= 4 is 20.0 Å². The van der Waals surface area contributed by atoms with Crippen LogP contribution in [0.15, 0.2) is 0 Å². The second-order valence-electron chi connectivity index (χ2n) is 2.64. The van der Waals surface area contributed by atoms with Crippen LogP contribution in [-0.2, 0) is 20.0 Å². The van der Waals surface area contributed by atoms with Gasteiger partial charge in [0.1, 0.15) is 0 Å². The van der Waals surface area contributed by atoms with Crippen LogP contribution >= 0.6 is 0 Å². The molecule has 0 N–H and O–H groups in total. The second kappa shape index (κ2) is 3.56. The molecule has 0 aliphatic carbocycles. The van der Waals surface area contributed by atoms with Gasteiger partial charge in [0, 0.05) is 18.0 Å². The van der Waals surface area contributed by atoms with E-state index in [1.807, 2.05) is 0 Å². The van der Waals surface area contributed by atoms with Crippen molar-refractivity contribution in [3.05, 3.63) is 0 Å². The van der Waals surface area contributed by atoms with Crippen LogP contribution in [-0.4, -0.2) is 27.3 Å². The van der Waals surface area contributed by atoms with Crippen LogP contribution in [0.4, 0.5) is 17.6 Å². The van der Waals surface area contributed by atoms with Gasteiger partial charge in [-0.05, 0) is 0 Å². The van der Waals surface area contributed by atoms with E-state index in [9.17, 15) is 34.4 Å². The van der Waals surface area contributed by atoms with Crippen LogP contribution in [0.5, 0.6) is 0 Å². The van der Waals surface area contributed by atoms with E-state index in [0.29, 0.717) is 0 Å². The van der Waals surface area contributed by atoms with Crippen LogP contribution in [0.25, 0.3) is 0 Å². The summed E-state index contributed by atoms with van der Waals surface area (Å²) in [4.78, 5) is 0. The minimum Gasteiger partial charge on any atom is -0.203 e. The molecule has 0 spiro atoms. The van der Waals surface area contributed by atoms with E-state index in [-0.39, 0.29) is 13.8 Å². The van der Waals surface area contributed by atoms with Crippen molar-refractivity contribution in [2.45, 2.75) is 24.4 Å². The summed E-state index contributed by atoms with van der Waals surface area (Å²) in [5.41, 5.74) is 0. The number of nitrogens with zero attached hydrogens (tertiary/aromatic N) is 1. The number of halogens is 4. The molecule has 5 nitrogen and oxygen atoms in total. The highest BCUT2D eigenvalue weighted by Gasteiger charge is 2.50. The van der Waals surface area contributed by atoms with Gasteiger partial charge in [0.15, 0.2) is 0 Å². The monoisotopic (exact) mass is 272 g/mol. The molecule has 0 saturated carbocycles. The summed E-state index contributed by atoms with van der Waals surface area (Å²) in [5, 5.41) is -9.07. The van der Waals surface area contributed by atoms with E-state index in [4.69, 9.17) is 0 Å². The highest BCUT2D eigenvalue weighted by atomic mass is 32.3. The van der Waals surface area contributed by atoms with Crippen LogP contribution in [0, 0.1) is 0 Å². The number of hydrogen-bond donors (Lipinski definition) is 0. The molecule has 0 atom stereocenters. The molecule has 0 saturated heterocycles. The molecular weight excluding hydrogens is 266 g/mol. The molecule has 0 bridgehead atoms. The number of alkyl halides is 4. The minimum atomic E-state index is -5.81. The third kappa shape index (κ3) is 3.28. The summed E-state index contributed by atoms with van der Waals surface area (Å²) in [6, 6.07) is 0. The lowest BCUT2D eigenvalue weighted by Gasteiger charge is -2.13. The van der Waals surface area contributed by atoms with Crippen molar-refractivity contribution in [2.24, 2.45) is 0 Å². The average Bonchev–Trinajstić information content (AvgIpc) is 1.77. The zero-order valence-corrected chi connectivity index (χ0v) is 9.04. The Labute approximate surface area is 83.6 Å². The maximum absolute atomic E-state index is 12.2. The van der Waals surface area contributed by atoms with E-state index in [0.717, 1.165) is 0 Å². The van der Waals surface area contributed by atoms with Gasteiger partial charge in [0.05, 0.1) is 0 Å². The third-order valence-corrected chi connectivity index (χ3v) is 4.48. The molecule has 1 radical (unpaired) electrons. The topological polar surface area (TPSA) is 82.4 Å². The molecule has 0 heterocycles. The first-order valence-electron chi connectivity index (χ1n) is 3.20. The first-order chi connectivity index (χ1) is 6.21.